The van der Waals surface area contributed by atoms with Gasteiger partial charge in [-0.2, -0.15) is 0 Å². The van der Waals surface area contributed by atoms with Crippen molar-refractivity contribution >= 4 is 15.9 Å². The Morgan fingerprint density at radius 3 is 2.80 bits per heavy atom. The molecule has 15 heavy (non-hydrogen) atoms. The summed E-state index contributed by atoms with van der Waals surface area (Å²) in [6, 6.07) is 4.19. The SMILES string of the molecule is Brc1ccc(CN2CCC3(CC3)C2)nc1. The quantitative estimate of drug-likeness (QED) is 0.819. The van der Waals surface area contributed by atoms with E-state index < -0.39 is 0 Å². The molecule has 0 aromatic carbocycles. The molecule has 2 nitrogen and oxygen atoms in total. The molecule has 2 fully saturated rings. The van der Waals surface area contributed by atoms with Crippen LogP contribution in [0.3, 0.4) is 0 Å². The zero-order valence-electron chi connectivity index (χ0n) is 8.75. The van der Waals surface area contributed by atoms with Crippen molar-refractivity contribution in [3.8, 4) is 0 Å². The second-order valence-corrected chi connectivity index (χ2v) is 5.84. The fraction of sp³-hybridized carbons (Fsp3) is 0.583. The Morgan fingerprint density at radius 1 is 1.33 bits per heavy atom. The molecule has 0 atom stereocenters. The Hall–Kier alpha value is -0.410. The number of rotatable bonds is 2. The minimum Gasteiger partial charge on any atom is -0.297 e. The molecule has 1 aliphatic carbocycles. The molecular formula is C12H15BrN2. The first-order valence-electron chi connectivity index (χ1n) is 5.59. The molecule has 1 saturated heterocycles. The van der Waals surface area contributed by atoms with E-state index in [1.807, 2.05) is 6.20 Å². The van der Waals surface area contributed by atoms with Gasteiger partial charge in [0.2, 0.25) is 0 Å². The smallest absolute Gasteiger partial charge is 0.0544 e. The zero-order valence-corrected chi connectivity index (χ0v) is 10.3. The van der Waals surface area contributed by atoms with Gasteiger partial charge in [-0.1, -0.05) is 0 Å². The summed E-state index contributed by atoms with van der Waals surface area (Å²) in [7, 11) is 0. The van der Waals surface area contributed by atoms with Crippen molar-refractivity contribution in [2.45, 2.75) is 25.8 Å². The summed E-state index contributed by atoms with van der Waals surface area (Å²) < 4.78 is 1.06. The third kappa shape index (κ3) is 2.08. The van der Waals surface area contributed by atoms with Crippen LogP contribution >= 0.6 is 15.9 Å². The van der Waals surface area contributed by atoms with Gasteiger partial charge in [-0.15, -0.1) is 0 Å². The van der Waals surface area contributed by atoms with Gasteiger partial charge in [0.25, 0.3) is 0 Å². The number of halogens is 1. The van der Waals surface area contributed by atoms with Crippen LogP contribution in [0, 0.1) is 5.41 Å². The van der Waals surface area contributed by atoms with E-state index in [1.165, 1.54) is 38.0 Å². The molecule has 0 N–H and O–H groups in total. The molecule has 0 radical (unpaired) electrons. The van der Waals surface area contributed by atoms with Crippen LogP contribution in [0.25, 0.3) is 0 Å². The van der Waals surface area contributed by atoms with Crippen molar-refractivity contribution in [2.24, 2.45) is 5.41 Å². The molecular weight excluding hydrogens is 252 g/mol. The van der Waals surface area contributed by atoms with Gasteiger partial charge in [-0.25, -0.2) is 0 Å². The molecule has 80 valence electrons. The molecule has 1 aliphatic heterocycles. The van der Waals surface area contributed by atoms with Crippen molar-refractivity contribution < 1.29 is 0 Å². The fourth-order valence-electron chi connectivity index (χ4n) is 2.48. The Balaban J connectivity index is 1.63. The topological polar surface area (TPSA) is 16.1 Å². The van der Waals surface area contributed by atoms with E-state index in [9.17, 15) is 0 Å². The maximum atomic E-state index is 4.42. The lowest BCUT2D eigenvalue weighted by Gasteiger charge is -2.14. The molecule has 1 aromatic rings. The van der Waals surface area contributed by atoms with Crippen LogP contribution in [0.15, 0.2) is 22.8 Å². The van der Waals surface area contributed by atoms with Crippen LogP contribution in [0.2, 0.25) is 0 Å². The Labute approximate surface area is 98.8 Å². The lowest BCUT2D eigenvalue weighted by molar-refractivity contribution is 0.309. The summed E-state index contributed by atoms with van der Waals surface area (Å²) >= 11 is 3.41. The maximum Gasteiger partial charge on any atom is 0.0544 e. The minimum absolute atomic E-state index is 0.732. The van der Waals surface area contributed by atoms with E-state index >= 15 is 0 Å². The van der Waals surface area contributed by atoms with Crippen molar-refractivity contribution in [3.63, 3.8) is 0 Å². The average Bonchev–Trinajstić information content (AvgIpc) is 2.86. The molecule has 2 aliphatic rings. The summed E-state index contributed by atoms with van der Waals surface area (Å²) in [6.07, 6.45) is 6.20. The molecule has 1 aromatic heterocycles. The van der Waals surface area contributed by atoms with Gasteiger partial charge < -0.3 is 0 Å². The van der Waals surface area contributed by atoms with Gasteiger partial charge >= 0.3 is 0 Å². The normalized spacial score (nSPS) is 23.5. The van der Waals surface area contributed by atoms with Crippen molar-refractivity contribution in [1.29, 1.82) is 0 Å². The van der Waals surface area contributed by atoms with E-state index in [2.05, 4.69) is 37.9 Å². The van der Waals surface area contributed by atoms with Gasteiger partial charge in [0.05, 0.1) is 5.69 Å². The number of pyridine rings is 1. The second kappa shape index (κ2) is 3.56. The highest BCUT2D eigenvalue weighted by molar-refractivity contribution is 9.10. The highest BCUT2D eigenvalue weighted by atomic mass is 79.9. The molecule has 0 unspecified atom stereocenters. The lowest BCUT2D eigenvalue weighted by atomic mass is 10.1. The first-order valence-corrected chi connectivity index (χ1v) is 6.38. The van der Waals surface area contributed by atoms with Crippen LogP contribution in [0.5, 0.6) is 0 Å². The molecule has 1 spiro atoms. The van der Waals surface area contributed by atoms with Gasteiger partial charge in [0, 0.05) is 23.8 Å². The van der Waals surface area contributed by atoms with E-state index in [-0.39, 0.29) is 0 Å². The largest absolute Gasteiger partial charge is 0.297 e. The van der Waals surface area contributed by atoms with Gasteiger partial charge in [0.1, 0.15) is 0 Å². The summed E-state index contributed by atoms with van der Waals surface area (Å²) in [5, 5.41) is 0. The third-order valence-electron chi connectivity index (χ3n) is 3.65. The number of likely N-dealkylation sites (tertiary alicyclic amines) is 1. The monoisotopic (exact) mass is 266 g/mol. The highest BCUT2D eigenvalue weighted by Gasteiger charge is 2.47. The second-order valence-electron chi connectivity index (χ2n) is 4.93. The molecule has 0 amide bonds. The van der Waals surface area contributed by atoms with E-state index in [0.717, 1.165) is 16.4 Å². The number of aromatic nitrogens is 1. The van der Waals surface area contributed by atoms with Crippen LogP contribution < -0.4 is 0 Å². The molecule has 2 heterocycles. The number of hydrogen-bond donors (Lipinski definition) is 0. The van der Waals surface area contributed by atoms with Crippen molar-refractivity contribution in [2.75, 3.05) is 13.1 Å². The first kappa shape index (κ1) is 9.79. The predicted molar refractivity (Wildman–Crippen MR) is 63.5 cm³/mol. The Morgan fingerprint density at radius 2 is 2.20 bits per heavy atom. The first-order chi connectivity index (χ1) is 7.26. The average molecular weight is 267 g/mol. The summed E-state index contributed by atoms with van der Waals surface area (Å²) in [4.78, 5) is 6.97. The standard InChI is InChI=1S/C12H15BrN2/c13-10-1-2-11(14-7-10)8-15-6-5-12(9-15)3-4-12/h1-2,7H,3-6,8-9H2. The Bertz CT molecular complexity index is 356. The predicted octanol–water partition coefficient (Wildman–Crippen LogP) is 2.83. The summed E-state index contributed by atoms with van der Waals surface area (Å²) in [6.45, 7) is 3.58. The van der Waals surface area contributed by atoms with Crippen LogP contribution in [-0.4, -0.2) is 23.0 Å². The van der Waals surface area contributed by atoms with Crippen LogP contribution in [0.4, 0.5) is 0 Å². The van der Waals surface area contributed by atoms with Gasteiger partial charge in [-0.05, 0) is 59.3 Å². The maximum absolute atomic E-state index is 4.42. The van der Waals surface area contributed by atoms with Crippen molar-refractivity contribution in [3.05, 3.63) is 28.5 Å². The van der Waals surface area contributed by atoms with Gasteiger partial charge in [0.15, 0.2) is 0 Å². The van der Waals surface area contributed by atoms with Crippen molar-refractivity contribution in [1.82, 2.24) is 9.88 Å². The molecule has 3 heteroatoms. The minimum atomic E-state index is 0.732. The van der Waals surface area contributed by atoms with Crippen LogP contribution in [-0.2, 0) is 6.54 Å². The Kier molecular flexibility index (Phi) is 2.33. The molecule has 1 saturated carbocycles. The van der Waals surface area contributed by atoms with E-state index in [0.29, 0.717) is 0 Å². The molecule has 0 bridgehead atoms. The lowest BCUT2D eigenvalue weighted by Crippen LogP contribution is -2.20. The third-order valence-corrected chi connectivity index (χ3v) is 4.12. The summed E-state index contributed by atoms with van der Waals surface area (Å²) in [5.41, 5.74) is 1.92. The summed E-state index contributed by atoms with van der Waals surface area (Å²) in [5.74, 6) is 0. The molecule has 3 rings (SSSR count). The number of hydrogen-bond acceptors (Lipinski definition) is 2. The highest BCUT2D eigenvalue weighted by Crippen LogP contribution is 2.52. The number of nitrogens with zero attached hydrogens (tertiary/aromatic N) is 2. The van der Waals surface area contributed by atoms with E-state index in [4.69, 9.17) is 0 Å². The van der Waals surface area contributed by atoms with Crippen LogP contribution in [0.1, 0.15) is 25.0 Å². The zero-order chi connectivity index (χ0) is 10.3. The van der Waals surface area contributed by atoms with Gasteiger partial charge in [-0.3, -0.25) is 9.88 Å². The fourth-order valence-corrected chi connectivity index (χ4v) is 2.71. The van der Waals surface area contributed by atoms with E-state index in [1.54, 1.807) is 0 Å².